The van der Waals surface area contributed by atoms with Gasteiger partial charge in [0.1, 0.15) is 6.33 Å². The Morgan fingerprint density at radius 1 is 1.20 bits per heavy atom. The zero-order valence-corrected chi connectivity index (χ0v) is 18.4. The molecule has 0 radical (unpaired) electrons. The molecule has 0 bridgehead atoms. The molecular formula is C24H27N5S. The van der Waals surface area contributed by atoms with Crippen molar-refractivity contribution in [3.05, 3.63) is 79.0 Å². The first-order valence-electron chi connectivity index (χ1n) is 10.1. The summed E-state index contributed by atoms with van der Waals surface area (Å²) < 4.78 is 0. The molecule has 2 aliphatic heterocycles. The molecule has 1 atom stereocenters. The van der Waals surface area contributed by atoms with Crippen molar-refractivity contribution >= 4 is 29.0 Å². The van der Waals surface area contributed by atoms with E-state index in [0.29, 0.717) is 5.92 Å². The maximum Gasteiger partial charge on any atom is 0.206 e. The number of likely N-dealkylation sites (N-methyl/N-ethyl adjacent to an activating group) is 1. The van der Waals surface area contributed by atoms with Crippen LogP contribution >= 0.6 is 11.8 Å². The number of rotatable bonds is 4. The molecule has 1 fully saturated rings. The highest BCUT2D eigenvalue weighted by Crippen LogP contribution is 2.32. The molecule has 6 heteroatoms. The summed E-state index contributed by atoms with van der Waals surface area (Å²) >= 11 is 1.76. The molecule has 0 spiro atoms. The van der Waals surface area contributed by atoms with E-state index in [1.54, 1.807) is 24.3 Å². The van der Waals surface area contributed by atoms with Crippen LogP contribution in [0.15, 0.2) is 77.7 Å². The van der Waals surface area contributed by atoms with E-state index in [1.165, 1.54) is 16.0 Å². The average Bonchev–Trinajstić information content (AvgIpc) is 2.81. The molecule has 2 aliphatic rings. The van der Waals surface area contributed by atoms with Crippen LogP contribution < -0.4 is 0 Å². The molecule has 1 unspecified atom stereocenters. The number of thioether (sulfide) groups is 1. The lowest BCUT2D eigenvalue weighted by Crippen LogP contribution is -2.47. The molecular weight excluding hydrogens is 390 g/mol. The SMILES string of the molecule is C=C(c1ccc(SC)cc1)C1CCCN(C2=NC(c3ccncn3)=CC(=C)N2C)C1. The van der Waals surface area contributed by atoms with E-state index in [1.807, 2.05) is 19.2 Å². The number of hydrogen-bond donors (Lipinski definition) is 0. The van der Waals surface area contributed by atoms with Crippen molar-refractivity contribution in [1.82, 2.24) is 19.8 Å². The van der Waals surface area contributed by atoms with Crippen molar-refractivity contribution in [2.75, 3.05) is 26.4 Å². The van der Waals surface area contributed by atoms with Gasteiger partial charge in [0.25, 0.3) is 0 Å². The van der Waals surface area contributed by atoms with Crippen LogP contribution in [0.5, 0.6) is 0 Å². The van der Waals surface area contributed by atoms with E-state index in [2.05, 4.69) is 63.4 Å². The van der Waals surface area contributed by atoms with Crippen LogP contribution in [0.3, 0.4) is 0 Å². The van der Waals surface area contributed by atoms with Crippen molar-refractivity contribution < 1.29 is 0 Å². The summed E-state index contributed by atoms with van der Waals surface area (Å²) in [5, 5.41) is 0. The number of likely N-dealkylation sites (tertiary alicyclic amines) is 1. The lowest BCUT2D eigenvalue weighted by Gasteiger charge is -2.40. The van der Waals surface area contributed by atoms with E-state index in [4.69, 9.17) is 4.99 Å². The van der Waals surface area contributed by atoms with Gasteiger partial charge in [0.15, 0.2) is 0 Å². The van der Waals surface area contributed by atoms with Crippen LogP contribution in [0.1, 0.15) is 24.1 Å². The van der Waals surface area contributed by atoms with Crippen LogP contribution in [0, 0.1) is 5.92 Å². The average molecular weight is 418 g/mol. The summed E-state index contributed by atoms with van der Waals surface area (Å²) in [7, 11) is 2.02. The fourth-order valence-corrected chi connectivity index (χ4v) is 4.35. The topological polar surface area (TPSA) is 44.6 Å². The molecule has 5 nitrogen and oxygen atoms in total. The lowest BCUT2D eigenvalue weighted by atomic mass is 9.87. The summed E-state index contributed by atoms with van der Waals surface area (Å²) in [6.07, 6.45) is 9.62. The van der Waals surface area contributed by atoms with Crippen LogP contribution in [0.4, 0.5) is 0 Å². The number of allylic oxidation sites excluding steroid dienone is 1. The van der Waals surface area contributed by atoms with Gasteiger partial charge in [-0.1, -0.05) is 25.3 Å². The molecule has 3 heterocycles. The maximum atomic E-state index is 4.94. The number of hydrogen-bond acceptors (Lipinski definition) is 6. The summed E-state index contributed by atoms with van der Waals surface area (Å²) in [4.78, 5) is 19.0. The number of nitrogens with zero attached hydrogens (tertiary/aromatic N) is 5. The summed E-state index contributed by atoms with van der Waals surface area (Å²) in [5.74, 6) is 1.32. The van der Waals surface area contributed by atoms with E-state index < -0.39 is 0 Å². The molecule has 0 N–H and O–H groups in total. The minimum atomic E-state index is 0.400. The van der Waals surface area contributed by atoms with Gasteiger partial charge in [-0.05, 0) is 54.5 Å². The third-order valence-electron chi connectivity index (χ3n) is 5.76. The summed E-state index contributed by atoms with van der Waals surface area (Å²) in [5.41, 5.74) is 4.97. The first kappa shape index (κ1) is 20.4. The molecule has 30 heavy (non-hydrogen) atoms. The Labute approximate surface area is 182 Å². The maximum absolute atomic E-state index is 4.94. The van der Waals surface area contributed by atoms with Gasteiger partial charge in [-0.15, -0.1) is 11.8 Å². The Kier molecular flexibility index (Phi) is 6.04. The standard InChI is InChI=1S/C24H27N5S/c1-17-14-23(22-11-12-25-16-26-22)27-24(28(17)3)29-13-5-6-20(15-29)18(2)19-7-9-21(30-4)10-8-19/h7-12,14,16,20H,1-2,5-6,13,15H2,3-4H3. The van der Waals surface area contributed by atoms with Crippen LogP contribution in [0.25, 0.3) is 11.3 Å². The van der Waals surface area contributed by atoms with Crippen LogP contribution in [-0.4, -0.2) is 52.1 Å². The predicted molar refractivity (Wildman–Crippen MR) is 126 cm³/mol. The quantitative estimate of drug-likeness (QED) is 0.670. The first-order valence-corrected chi connectivity index (χ1v) is 11.4. The summed E-state index contributed by atoms with van der Waals surface area (Å²) in [6.45, 7) is 10.5. The Balaban J connectivity index is 1.55. The number of benzene rings is 1. The fraction of sp³-hybridized carbons (Fsp3) is 0.292. The van der Waals surface area contributed by atoms with Gasteiger partial charge in [-0.25, -0.2) is 15.0 Å². The molecule has 0 saturated carbocycles. The van der Waals surface area contributed by atoms with Crippen molar-refractivity contribution in [2.45, 2.75) is 17.7 Å². The molecule has 1 aromatic heterocycles. The molecule has 0 amide bonds. The number of guanidine groups is 1. The molecule has 1 aromatic carbocycles. The summed E-state index contributed by atoms with van der Waals surface area (Å²) in [6, 6.07) is 10.6. The lowest BCUT2D eigenvalue weighted by molar-refractivity contribution is 0.275. The van der Waals surface area contributed by atoms with Crippen molar-refractivity contribution in [3.63, 3.8) is 0 Å². The molecule has 154 valence electrons. The Morgan fingerprint density at radius 2 is 2.00 bits per heavy atom. The highest BCUT2D eigenvalue weighted by molar-refractivity contribution is 7.98. The van der Waals surface area contributed by atoms with Gasteiger partial charge in [0.2, 0.25) is 5.96 Å². The number of aliphatic imine (C=N–C) groups is 1. The van der Waals surface area contributed by atoms with Gasteiger partial charge >= 0.3 is 0 Å². The van der Waals surface area contributed by atoms with Gasteiger partial charge in [-0.3, -0.25) is 0 Å². The second kappa shape index (κ2) is 8.88. The van der Waals surface area contributed by atoms with Crippen molar-refractivity contribution in [2.24, 2.45) is 10.9 Å². The molecule has 2 aromatic rings. The van der Waals surface area contributed by atoms with E-state index in [-0.39, 0.29) is 0 Å². The Hall–Kier alpha value is -2.86. The Bertz CT molecular complexity index is 994. The monoisotopic (exact) mass is 417 g/mol. The zero-order chi connectivity index (χ0) is 21.1. The highest BCUT2D eigenvalue weighted by Gasteiger charge is 2.29. The van der Waals surface area contributed by atoms with Gasteiger partial charge in [0.05, 0.1) is 11.4 Å². The highest BCUT2D eigenvalue weighted by atomic mass is 32.2. The Morgan fingerprint density at radius 3 is 2.70 bits per heavy atom. The second-order valence-corrected chi connectivity index (χ2v) is 8.50. The largest absolute Gasteiger partial charge is 0.342 e. The van der Waals surface area contributed by atoms with Gasteiger partial charge < -0.3 is 9.80 Å². The molecule has 0 aliphatic carbocycles. The van der Waals surface area contributed by atoms with Gasteiger partial charge in [-0.2, -0.15) is 0 Å². The zero-order valence-electron chi connectivity index (χ0n) is 17.6. The molecule has 4 rings (SSSR count). The van der Waals surface area contributed by atoms with Crippen LogP contribution in [0.2, 0.25) is 0 Å². The van der Waals surface area contributed by atoms with E-state index >= 15 is 0 Å². The van der Waals surface area contributed by atoms with E-state index in [9.17, 15) is 0 Å². The van der Waals surface area contributed by atoms with Crippen LogP contribution in [-0.2, 0) is 0 Å². The first-order chi connectivity index (χ1) is 14.6. The van der Waals surface area contributed by atoms with Crippen molar-refractivity contribution in [3.8, 4) is 0 Å². The second-order valence-electron chi connectivity index (χ2n) is 7.63. The molecule has 1 saturated heterocycles. The predicted octanol–water partition coefficient (Wildman–Crippen LogP) is 4.78. The van der Waals surface area contributed by atoms with Gasteiger partial charge in [0, 0.05) is 42.8 Å². The third-order valence-corrected chi connectivity index (χ3v) is 6.50. The third kappa shape index (κ3) is 4.19. The van der Waals surface area contributed by atoms with Crippen molar-refractivity contribution in [1.29, 1.82) is 0 Å². The fourth-order valence-electron chi connectivity index (χ4n) is 3.94. The smallest absolute Gasteiger partial charge is 0.206 e. The minimum absolute atomic E-state index is 0.400. The van der Waals surface area contributed by atoms with E-state index in [0.717, 1.165) is 49.0 Å². The minimum Gasteiger partial charge on any atom is -0.342 e. The number of piperidine rings is 1. The normalized spacial score (nSPS) is 19.4. The number of aromatic nitrogens is 2.